The van der Waals surface area contributed by atoms with Gasteiger partial charge in [-0.3, -0.25) is 14.9 Å². The second-order valence-corrected chi connectivity index (χ2v) is 3.73. The highest BCUT2D eigenvalue weighted by Crippen LogP contribution is 2.28. The van der Waals surface area contributed by atoms with Crippen molar-refractivity contribution in [3.8, 4) is 5.75 Å². The minimum atomic E-state index is -0.593. The Morgan fingerprint density at radius 3 is 2.70 bits per heavy atom. The number of amides is 1. The molecule has 1 rings (SSSR count). The SMILES string of the molecule is COCCOCC(=O)Nc1ccc(OC)cc1[N+](=O)[O-]. The van der Waals surface area contributed by atoms with E-state index in [-0.39, 0.29) is 24.6 Å². The van der Waals surface area contributed by atoms with E-state index in [0.717, 1.165) is 0 Å². The summed E-state index contributed by atoms with van der Waals surface area (Å²) in [6.07, 6.45) is 0. The maximum atomic E-state index is 11.6. The van der Waals surface area contributed by atoms with E-state index in [9.17, 15) is 14.9 Å². The van der Waals surface area contributed by atoms with Crippen LogP contribution in [0.5, 0.6) is 5.75 Å². The van der Waals surface area contributed by atoms with Crippen molar-refractivity contribution >= 4 is 17.3 Å². The third kappa shape index (κ3) is 4.82. The van der Waals surface area contributed by atoms with Crippen LogP contribution in [0.4, 0.5) is 11.4 Å². The van der Waals surface area contributed by atoms with Crippen LogP contribution in [0.15, 0.2) is 18.2 Å². The molecule has 0 fully saturated rings. The Morgan fingerprint density at radius 2 is 2.10 bits per heavy atom. The maximum absolute atomic E-state index is 11.6. The van der Waals surface area contributed by atoms with Crippen molar-refractivity contribution < 1.29 is 23.9 Å². The summed E-state index contributed by atoms with van der Waals surface area (Å²) < 4.78 is 14.7. The van der Waals surface area contributed by atoms with Crippen LogP contribution < -0.4 is 10.1 Å². The molecule has 0 aromatic heterocycles. The molecular weight excluding hydrogens is 268 g/mol. The summed E-state index contributed by atoms with van der Waals surface area (Å²) in [5, 5.41) is 13.3. The first-order valence-electron chi connectivity index (χ1n) is 5.77. The summed E-state index contributed by atoms with van der Waals surface area (Å²) in [7, 11) is 2.92. The van der Waals surface area contributed by atoms with Gasteiger partial charge in [-0.2, -0.15) is 0 Å². The number of methoxy groups -OCH3 is 2. The molecule has 0 heterocycles. The van der Waals surface area contributed by atoms with Gasteiger partial charge in [0.25, 0.3) is 11.6 Å². The van der Waals surface area contributed by atoms with Crippen LogP contribution in [0, 0.1) is 10.1 Å². The molecule has 110 valence electrons. The predicted octanol–water partition coefficient (Wildman–Crippen LogP) is 1.20. The molecule has 0 aliphatic rings. The summed E-state index contributed by atoms with van der Waals surface area (Å²) in [5.74, 6) is -0.139. The van der Waals surface area contributed by atoms with Gasteiger partial charge in [0, 0.05) is 7.11 Å². The molecule has 20 heavy (non-hydrogen) atoms. The molecule has 0 saturated carbocycles. The van der Waals surface area contributed by atoms with Crippen LogP contribution in [0.25, 0.3) is 0 Å². The standard InChI is InChI=1S/C12H16N2O6/c1-18-5-6-20-8-12(15)13-10-4-3-9(19-2)7-11(10)14(16)17/h3-4,7H,5-6,8H2,1-2H3,(H,13,15). The van der Waals surface area contributed by atoms with Gasteiger partial charge < -0.3 is 19.5 Å². The Hall–Kier alpha value is -2.19. The Morgan fingerprint density at radius 1 is 1.35 bits per heavy atom. The van der Waals surface area contributed by atoms with Gasteiger partial charge in [0.2, 0.25) is 0 Å². The Bertz CT molecular complexity index is 477. The zero-order valence-corrected chi connectivity index (χ0v) is 11.3. The van der Waals surface area contributed by atoms with Crippen molar-refractivity contribution in [3.05, 3.63) is 28.3 Å². The monoisotopic (exact) mass is 284 g/mol. The molecule has 0 saturated heterocycles. The number of hydrogen-bond donors (Lipinski definition) is 1. The smallest absolute Gasteiger partial charge is 0.296 e. The van der Waals surface area contributed by atoms with Crippen LogP contribution in [-0.4, -0.2) is 44.9 Å². The summed E-state index contributed by atoms with van der Waals surface area (Å²) in [5.41, 5.74) is -0.147. The number of carbonyl (C=O) groups excluding carboxylic acids is 1. The molecule has 1 aromatic carbocycles. The lowest BCUT2D eigenvalue weighted by atomic mass is 10.2. The van der Waals surface area contributed by atoms with E-state index in [1.54, 1.807) is 0 Å². The van der Waals surface area contributed by atoms with Crippen LogP contribution in [-0.2, 0) is 14.3 Å². The fourth-order valence-corrected chi connectivity index (χ4v) is 1.39. The average molecular weight is 284 g/mol. The highest BCUT2D eigenvalue weighted by molar-refractivity contribution is 5.94. The zero-order valence-electron chi connectivity index (χ0n) is 11.3. The zero-order chi connectivity index (χ0) is 15.0. The molecule has 0 unspecified atom stereocenters. The minimum Gasteiger partial charge on any atom is -0.496 e. The number of nitrogens with one attached hydrogen (secondary N) is 1. The second-order valence-electron chi connectivity index (χ2n) is 3.73. The summed E-state index contributed by atoms with van der Waals surface area (Å²) in [4.78, 5) is 21.9. The highest BCUT2D eigenvalue weighted by atomic mass is 16.6. The molecule has 8 heteroatoms. The lowest BCUT2D eigenvalue weighted by Gasteiger charge is -2.08. The fraction of sp³-hybridized carbons (Fsp3) is 0.417. The van der Waals surface area contributed by atoms with E-state index in [1.807, 2.05) is 0 Å². The Kier molecular flexibility index (Phi) is 6.41. The van der Waals surface area contributed by atoms with E-state index >= 15 is 0 Å². The van der Waals surface area contributed by atoms with Gasteiger partial charge in [0.1, 0.15) is 18.0 Å². The lowest BCUT2D eigenvalue weighted by Crippen LogP contribution is -2.20. The number of rotatable bonds is 8. The van der Waals surface area contributed by atoms with Crippen LogP contribution >= 0.6 is 0 Å². The van der Waals surface area contributed by atoms with Crippen LogP contribution in [0.1, 0.15) is 0 Å². The first-order chi connectivity index (χ1) is 9.58. The third-order valence-corrected chi connectivity index (χ3v) is 2.34. The fourth-order valence-electron chi connectivity index (χ4n) is 1.39. The van der Waals surface area contributed by atoms with E-state index in [1.165, 1.54) is 32.4 Å². The number of nitro groups is 1. The molecular formula is C12H16N2O6. The quantitative estimate of drug-likeness (QED) is 0.437. The molecule has 0 spiro atoms. The van der Waals surface area contributed by atoms with Gasteiger partial charge in [-0.15, -0.1) is 0 Å². The molecule has 0 aliphatic carbocycles. The first kappa shape index (κ1) is 15.9. The second kappa shape index (κ2) is 8.08. The number of hydrogen-bond acceptors (Lipinski definition) is 6. The summed E-state index contributed by atoms with van der Waals surface area (Å²) in [6.45, 7) is 0.442. The number of carbonyl (C=O) groups is 1. The van der Waals surface area contributed by atoms with Crippen molar-refractivity contribution in [3.63, 3.8) is 0 Å². The van der Waals surface area contributed by atoms with Crippen molar-refractivity contribution in [2.24, 2.45) is 0 Å². The molecule has 8 nitrogen and oxygen atoms in total. The number of benzene rings is 1. The van der Waals surface area contributed by atoms with Gasteiger partial charge >= 0.3 is 0 Å². The minimum absolute atomic E-state index is 0.0936. The molecule has 1 aromatic rings. The highest BCUT2D eigenvalue weighted by Gasteiger charge is 2.17. The van der Waals surface area contributed by atoms with Gasteiger partial charge in [0.15, 0.2) is 0 Å². The van der Waals surface area contributed by atoms with Crippen molar-refractivity contribution in [1.29, 1.82) is 0 Å². The summed E-state index contributed by atoms with van der Waals surface area (Å²) in [6, 6.07) is 4.17. The van der Waals surface area contributed by atoms with Crippen molar-refractivity contribution in [1.82, 2.24) is 0 Å². The molecule has 0 aliphatic heterocycles. The molecule has 0 bridgehead atoms. The molecule has 0 radical (unpaired) electrons. The van der Waals surface area contributed by atoms with Gasteiger partial charge in [-0.1, -0.05) is 0 Å². The number of nitrogens with zero attached hydrogens (tertiary/aromatic N) is 1. The van der Waals surface area contributed by atoms with Crippen molar-refractivity contribution in [2.45, 2.75) is 0 Å². The van der Waals surface area contributed by atoms with Crippen LogP contribution in [0.2, 0.25) is 0 Å². The Balaban J connectivity index is 2.66. The van der Waals surface area contributed by atoms with Crippen LogP contribution in [0.3, 0.4) is 0 Å². The van der Waals surface area contributed by atoms with E-state index in [4.69, 9.17) is 14.2 Å². The van der Waals surface area contributed by atoms with Crippen molar-refractivity contribution in [2.75, 3.05) is 39.4 Å². The maximum Gasteiger partial charge on any atom is 0.296 e. The number of anilines is 1. The molecule has 1 amide bonds. The number of nitro benzene ring substituents is 1. The average Bonchev–Trinajstić information content (AvgIpc) is 2.43. The van der Waals surface area contributed by atoms with E-state index in [2.05, 4.69) is 5.32 Å². The molecule has 1 N–H and O–H groups in total. The lowest BCUT2D eigenvalue weighted by molar-refractivity contribution is -0.384. The van der Waals surface area contributed by atoms with Gasteiger partial charge in [0.05, 0.1) is 31.3 Å². The number of ether oxygens (including phenoxy) is 3. The van der Waals surface area contributed by atoms with Gasteiger partial charge in [-0.05, 0) is 12.1 Å². The Labute approximate surface area is 115 Å². The van der Waals surface area contributed by atoms with E-state index < -0.39 is 10.8 Å². The largest absolute Gasteiger partial charge is 0.496 e. The van der Waals surface area contributed by atoms with Gasteiger partial charge in [-0.25, -0.2) is 0 Å². The normalized spacial score (nSPS) is 10.1. The van der Waals surface area contributed by atoms with E-state index in [0.29, 0.717) is 12.4 Å². The predicted molar refractivity (Wildman–Crippen MR) is 71.0 cm³/mol. The summed E-state index contributed by atoms with van der Waals surface area (Å²) >= 11 is 0. The topological polar surface area (TPSA) is 99.9 Å². The first-order valence-corrected chi connectivity index (χ1v) is 5.77. The molecule has 0 atom stereocenters. The third-order valence-electron chi connectivity index (χ3n) is 2.34.